The van der Waals surface area contributed by atoms with Crippen molar-refractivity contribution in [3.63, 3.8) is 0 Å². The van der Waals surface area contributed by atoms with Crippen molar-refractivity contribution >= 4 is 15.9 Å². The van der Waals surface area contributed by atoms with Crippen LogP contribution in [0.2, 0.25) is 0 Å². The summed E-state index contributed by atoms with van der Waals surface area (Å²) >= 11 is 3.29. The number of rotatable bonds is 12. The quantitative estimate of drug-likeness (QED) is 0.427. The Morgan fingerprint density at radius 1 is 0.789 bits per heavy atom. The van der Waals surface area contributed by atoms with Crippen molar-refractivity contribution in [1.82, 2.24) is 5.32 Å². The van der Waals surface area contributed by atoms with Crippen LogP contribution in [0.4, 0.5) is 0 Å². The van der Waals surface area contributed by atoms with Gasteiger partial charge in [0.1, 0.15) is 0 Å². The molecule has 1 aliphatic rings. The zero-order chi connectivity index (χ0) is 13.6. The van der Waals surface area contributed by atoms with E-state index in [1.165, 1.54) is 0 Å². The summed E-state index contributed by atoms with van der Waals surface area (Å²) in [5.74, 6) is 0. The van der Waals surface area contributed by atoms with Crippen LogP contribution in [0.3, 0.4) is 0 Å². The maximum atomic E-state index is 5.72. The Labute approximate surface area is 124 Å². The molecule has 114 valence electrons. The fourth-order valence-electron chi connectivity index (χ4n) is 1.83. The first-order chi connectivity index (χ1) is 9.43. The van der Waals surface area contributed by atoms with Gasteiger partial charge in [0, 0.05) is 5.33 Å². The lowest BCUT2D eigenvalue weighted by atomic mass is 10.1. The maximum Gasteiger partial charge on any atom is 0.0704 e. The van der Waals surface area contributed by atoms with Gasteiger partial charge in [0.05, 0.1) is 52.4 Å². The zero-order valence-corrected chi connectivity index (χ0v) is 13.2. The van der Waals surface area contributed by atoms with Gasteiger partial charge in [-0.15, -0.1) is 0 Å². The number of piperidine rings is 1. The average molecular weight is 340 g/mol. The monoisotopic (exact) mass is 339 g/mol. The highest BCUT2D eigenvalue weighted by molar-refractivity contribution is 9.09. The van der Waals surface area contributed by atoms with Crippen molar-refractivity contribution < 1.29 is 18.9 Å². The predicted octanol–water partition coefficient (Wildman–Crippen LogP) is 1.20. The van der Waals surface area contributed by atoms with Gasteiger partial charge in [0.2, 0.25) is 0 Å². The van der Waals surface area contributed by atoms with Crippen LogP contribution in [0.15, 0.2) is 0 Å². The van der Waals surface area contributed by atoms with Crippen molar-refractivity contribution in [3.05, 3.63) is 0 Å². The minimum Gasteiger partial charge on any atom is -0.378 e. The van der Waals surface area contributed by atoms with Crippen LogP contribution in [0.25, 0.3) is 0 Å². The third-order valence-corrected chi connectivity index (χ3v) is 3.16. The summed E-state index contributed by atoms with van der Waals surface area (Å²) in [6.45, 7) is 6.69. The van der Waals surface area contributed by atoms with E-state index in [0.717, 1.165) is 37.9 Å². The minimum absolute atomic E-state index is 0.410. The second kappa shape index (κ2) is 13.3. The first-order valence-electron chi connectivity index (χ1n) is 7.05. The fourth-order valence-corrected chi connectivity index (χ4v) is 2.06. The lowest BCUT2D eigenvalue weighted by Gasteiger charge is -2.22. The summed E-state index contributed by atoms with van der Waals surface area (Å²) in [5.41, 5.74) is 0. The number of ether oxygens (including phenoxy) is 4. The molecule has 1 N–H and O–H groups in total. The first kappa shape index (κ1) is 17.3. The van der Waals surface area contributed by atoms with Crippen LogP contribution in [0.5, 0.6) is 0 Å². The van der Waals surface area contributed by atoms with Gasteiger partial charge >= 0.3 is 0 Å². The van der Waals surface area contributed by atoms with Gasteiger partial charge in [-0.05, 0) is 25.9 Å². The van der Waals surface area contributed by atoms with Crippen LogP contribution in [0, 0.1) is 0 Å². The molecule has 0 saturated carbocycles. The van der Waals surface area contributed by atoms with E-state index in [9.17, 15) is 0 Å². The maximum absolute atomic E-state index is 5.72. The van der Waals surface area contributed by atoms with Gasteiger partial charge in [-0.3, -0.25) is 0 Å². The second-order valence-electron chi connectivity index (χ2n) is 4.35. The average Bonchev–Trinajstić information content (AvgIpc) is 2.46. The number of alkyl halides is 1. The Morgan fingerprint density at radius 2 is 1.32 bits per heavy atom. The highest BCUT2D eigenvalue weighted by atomic mass is 79.9. The van der Waals surface area contributed by atoms with E-state index in [-0.39, 0.29) is 0 Å². The molecule has 1 fully saturated rings. The van der Waals surface area contributed by atoms with E-state index in [0.29, 0.717) is 45.7 Å². The smallest absolute Gasteiger partial charge is 0.0704 e. The molecular formula is C13H26BrNO4. The number of hydrogen-bond acceptors (Lipinski definition) is 5. The Morgan fingerprint density at radius 3 is 1.89 bits per heavy atom. The molecule has 0 radical (unpaired) electrons. The number of nitrogens with one attached hydrogen (secondary N) is 1. The summed E-state index contributed by atoms with van der Waals surface area (Å²) in [6, 6.07) is 0. The molecule has 0 aromatic rings. The van der Waals surface area contributed by atoms with E-state index in [1.54, 1.807) is 0 Å². The van der Waals surface area contributed by atoms with Gasteiger partial charge in [-0.1, -0.05) is 15.9 Å². The van der Waals surface area contributed by atoms with E-state index in [4.69, 9.17) is 18.9 Å². The molecule has 1 rings (SSSR count). The van der Waals surface area contributed by atoms with Gasteiger partial charge in [0.15, 0.2) is 0 Å². The lowest BCUT2D eigenvalue weighted by Crippen LogP contribution is -2.33. The van der Waals surface area contributed by atoms with E-state index in [1.807, 2.05) is 0 Å². The Bertz CT molecular complexity index is 191. The van der Waals surface area contributed by atoms with Crippen LogP contribution < -0.4 is 5.32 Å². The molecule has 0 unspecified atom stereocenters. The van der Waals surface area contributed by atoms with Gasteiger partial charge < -0.3 is 24.3 Å². The topological polar surface area (TPSA) is 49.0 Å². The summed E-state index contributed by atoms with van der Waals surface area (Å²) in [6.07, 6.45) is 2.63. The molecule has 1 aliphatic heterocycles. The summed E-state index contributed by atoms with van der Waals surface area (Å²) in [5, 5.41) is 4.19. The van der Waals surface area contributed by atoms with Gasteiger partial charge in [0.25, 0.3) is 0 Å². The third-order valence-electron chi connectivity index (χ3n) is 2.83. The Hall–Kier alpha value is 0.280. The molecule has 0 aromatic carbocycles. The standard InChI is InChI=1S/C13H26BrNO4/c14-3-6-16-7-8-17-9-10-18-11-12-19-13-1-4-15-5-2-13/h13,15H,1-12H2. The van der Waals surface area contributed by atoms with Crippen molar-refractivity contribution in [2.45, 2.75) is 18.9 Å². The minimum atomic E-state index is 0.410. The SMILES string of the molecule is BrCCOCCOCCOCCOC1CCNCC1. The van der Waals surface area contributed by atoms with Crippen molar-refractivity contribution in [1.29, 1.82) is 0 Å². The Balaban J connectivity index is 1.71. The van der Waals surface area contributed by atoms with E-state index < -0.39 is 0 Å². The molecular weight excluding hydrogens is 314 g/mol. The summed E-state index contributed by atoms with van der Waals surface area (Å²) in [4.78, 5) is 0. The van der Waals surface area contributed by atoms with Crippen LogP contribution >= 0.6 is 15.9 Å². The first-order valence-corrected chi connectivity index (χ1v) is 8.17. The molecule has 0 bridgehead atoms. The normalized spacial score (nSPS) is 16.9. The molecule has 6 heteroatoms. The van der Waals surface area contributed by atoms with Crippen molar-refractivity contribution in [3.8, 4) is 0 Å². The molecule has 0 amide bonds. The molecule has 1 heterocycles. The zero-order valence-electron chi connectivity index (χ0n) is 11.6. The molecule has 0 spiro atoms. The predicted molar refractivity (Wildman–Crippen MR) is 78.1 cm³/mol. The van der Waals surface area contributed by atoms with Crippen molar-refractivity contribution in [2.24, 2.45) is 0 Å². The molecule has 5 nitrogen and oxygen atoms in total. The molecule has 19 heavy (non-hydrogen) atoms. The van der Waals surface area contributed by atoms with Gasteiger partial charge in [-0.25, -0.2) is 0 Å². The highest BCUT2D eigenvalue weighted by Crippen LogP contribution is 2.06. The molecule has 0 atom stereocenters. The largest absolute Gasteiger partial charge is 0.378 e. The van der Waals surface area contributed by atoms with Gasteiger partial charge in [-0.2, -0.15) is 0 Å². The third kappa shape index (κ3) is 10.7. The summed E-state index contributed by atoms with van der Waals surface area (Å²) < 4.78 is 21.8. The lowest BCUT2D eigenvalue weighted by molar-refractivity contribution is -0.0246. The van der Waals surface area contributed by atoms with Crippen LogP contribution in [-0.2, 0) is 18.9 Å². The summed E-state index contributed by atoms with van der Waals surface area (Å²) in [7, 11) is 0. The number of halogens is 1. The molecule has 0 aromatic heterocycles. The number of hydrogen-bond donors (Lipinski definition) is 1. The molecule has 1 saturated heterocycles. The molecule has 0 aliphatic carbocycles. The van der Waals surface area contributed by atoms with Crippen LogP contribution in [-0.4, -0.2) is 70.8 Å². The van der Waals surface area contributed by atoms with E-state index in [2.05, 4.69) is 21.2 Å². The fraction of sp³-hybridized carbons (Fsp3) is 1.00. The van der Waals surface area contributed by atoms with Crippen LogP contribution in [0.1, 0.15) is 12.8 Å². The Kier molecular flexibility index (Phi) is 12.1. The van der Waals surface area contributed by atoms with E-state index >= 15 is 0 Å². The van der Waals surface area contributed by atoms with Crippen molar-refractivity contribution in [2.75, 3.05) is 64.7 Å². The highest BCUT2D eigenvalue weighted by Gasteiger charge is 2.12. The second-order valence-corrected chi connectivity index (χ2v) is 5.14.